The Morgan fingerprint density at radius 1 is 1.00 bits per heavy atom. The Morgan fingerprint density at radius 3 is 2.43 bits per heavy atom. The molecule has 0 saturated heterocycles. The topological polar surface area (TPSA) is 29.5 Å². The van der Waals surface area contributed by atoms with E-state index in [2.05, 4.69) is 47.4 Å². The summed E-state index contributed by atoms with van der Waals surface area (Å²) >= 11 is 0. The van der Waals surface area contributed by atoms with Crippen LogP contribution in [0.4, 0.5) is 0 Å². The van der Waals surface area contributed by atoms with Crippen molar-refractivity contribution in [3.8, 4) is 5.75 Å². The third kappa shape index (κ3) is 4.03. The number of Topliss-reactive ketones (excluding diaryl/α,β-unsaturated/α-hetero) is 1. The maximum absolute atomic E-state index is 12.8. The maximum atomic E-state index is 12.8. The molecule has 3 aromatic rings. The number of rotatable bonds is 6. The quantitative estimate of drug-likeness (QED) is 0.499. The molecule has 3 aromatic carbocycles. The van der Waals surface area contributed by atoms with Crippen molar-refractivity contribution in [1.29, 1.82) is 0 Å². The first-order chi connectivity index (χ1) is 14.6. The summed E-state index contributed by atoms with van der Waals surface area (Å²) in [7, 11) is 1.69. The van der Waals surface area contributed by atoms with Crippen molar-refractivity contribution >= 4 is 5.78 Å². The molecule has 0 amide bonds. The highest BCUT2D eigenvalue weighted by atomic mass is 16.5. The lowest BCUT2D eigenvalue weighted by atomic mass is 9.87. The fourth-order valence-electron chi connectivity index (χ4n) is 4.39. The summed E-state index contributed by atoms with van der Waals surface area (Å²) in [5.74, 6) is 1.07. The van der Waals surface area contributed by atoms with E-state index in [1.54, 1.807) is 7.11 Å². The van der Waals surface area contributed by atoms with Gasteiger partial charge in [-0.3, -0.25) is 9.69 Å². The van der Waals surface area contributed by atoms with Crippen LogP contribution >= 0.6 is 0 Å². The molecule has 0 bridgehead atoms. The molecule has 0 saturated carbocycles. The normalized spacial score (nSPS) is 16.3. The molecule has 1 aliphatic heterocycles. The van der Waals surface area contributed by atoms with Crippen molar-refractivity contribution in [3.05, 3.63) is 101 Å². The van der Waals surface area contributed by atoms with E-state index in [1.807, 2.05) is 44.2 Å². The number of ketones is 1. The van der Waals surface area contributed by atoms with E-state index in [9.17, 15) is 4.79 Å². The van der Waals surface area contributed by atoms with Gasteiger partial charge in [-0.2, -0.15) is 0 Å². The second-order valence-electron chi connectivity index (χ2n) is 8.27. The summed E-state index contributed by atoms with van der Waals surface area (Å²) in [4.78, 5) is 15.3. The zero-order valence-electron chi connectivity index (χ0n) is 18.0. The lowest BCUT2D eigenvalue weighted by Crippen LogP contribution is -2.36. The molecule has 30 heavy (non-hydrogen) atoms. The van der Waals surface area contributed by atoms with Crippen molar-refractivity contribution in [1.82, 2.24) is 4.90 Å². The molecule has 3 nitrogen and oxygen atoms in total. The summed E-state index contributed by atoms with van der Waals surface area (Å²) in [6.07, 6.45) is 1.02. The predicted octanol–water partition coefficient (Wildman–Crippen LogP) is 5.68. The van der Waals surface area contributed by atoms with Gasteiger partial charge in [0.15, 0.2) is 5.78 Å². The van der Waals surface area contributed by atoms with Gasteiger partial charge in [-0.1, -0.05) is 74.5 Å². The smallest absolute Gasteiger partial charge is 0.165 e. The van der Waals surface area contributed by atoms with Crippen LogP contribution in [0.5, 0.6) is 5.75 Å². The van der Waals surface area contributed by atoms with E-state index >= 15 is 0 Å². The molecule has 0 aromatic heterocycles. The summed E-state index contributed by atoms with van der Waals surface area (Å²) < 4.78 is 5.36. The Labute approximate surface area is 179 Å². The Morgan fingerprint density at radius 2 is 1.70 bits per heavy atom. The van der Waals surface area contributed by atoms with Crippen LogP contribution in [-0.2, 0) is 13.0 Å². The summed E-state index contributed by atoms with van der Waals surface area (Å²) in [5, 5.41) is 0. The second-order valence-corrected chi connectivity index (χ2v) is 8.27. The molecule has 1 atom stereocenters. The summed E-state index contributed by atoms with van der Waals surface area (Å²) in [5.41, 5.74) is 5.95. The van der Waals surface area contributed by atoms with E-state index in [1.165, 1.54) is 16.7 Å². The first-order valence-corrected chi connectivity index (χ1v) is 10.7. The zero-order chi connectivity index (χ0) is 21.1. The average Bonchev–Trinajstić information content (AvgIpc) is 2.79. The highest BCUT2D eigenvalue weighted by Gasteiger charge is 2.29. The third-order valence-corrected chi connectivity index (χ3v) is 6.00. The molecular weight excluding hydrogens is 370 g/mol. The highest BCUT2D eigenvalue weighted by molar-refractivity contribution is 5.98. The molecule has 0 spiro atoms. The lowest BCUT2D eigenvalue weighted by Gasteiger charge is -2.38. The molecule has 1 heterocycles. The summed E-state index contributed by atoms with van der Waals surface area (Å²) in [6.45, 7) is 5.64. The second kappa shape index (κ2) is 8.85. The van der Waals surface area contributed by atoms with E-state index < -0.39 is 0 Å². The van der Waals surface area contributed by atoms with Gasteiger partial charge < -0.3 is 4.74 Å². The van der Waals surface area contributed by atoms with Crippen molar-refractivity contribution in [2.24, 2.45) is 5.92 Å². The fraction of sp³-hybridized carbons (Fsp3) is 0.296. The van der Waals surface area contributed by atoms with Gasteiger partial charge in [0, 0.05) is 24.6 Å². The standard InChI is InChI=1S/C27H29NO2/c1-19(2)27(29)25-11-7-5-9-22(25)18-28-17-16-20-8-4-6-10-24(20)26(28)21-12-14-23(30-3)15-13-21/h4-15,19,26H,16-18H2,1-3H3. The molecule has 1 unspecified atom stereocenters. The van der Waals surface area contributed by atoms with Crippen molar-refractivity contribution in [2.45, 2.75) is 32.9 Å². The van der Waals surface area contributed by atoms with Crippen molar-refractivity contribution < 1.29 is 9.53 Å². The molecule has 1 aliphatic rings. The minimum Gasteiger partial charge on any atom is -0.497 e. The molecule has 0 radical (unpaired) electrons. The Hall–Kier alpha value is -2.91. The third-order valence-electron chi connectivity index (χ3n) is 6.00. The number of hydrogen-bond acceptors (Lipinski definition) is 3. The van der Waals surface area contributed by atoms with Gasteiger partial charge in [0.05, 0.1) is 13.2 Å². The number of methoxy groups -OCH3 is 1. The van der Waals surface area contributed by atoms with Gasteiger partial charge >= 0.3 is 0 Å². The van der Waals surface area contributed by atoms with Gasteiger partial charge in [-0.15, -0.1) is 0 Å². The van der Waals surface area contributed by atoms with Crippen LogP contribution in [0.15, 0.2) is 72.8 Å². The van der Waals surface area contributed by atoms with E-state index in [-0.39, 0.29) is 17.7 Å². The van der Waals surface area contributed by atoms with Crippen LogP contribution in [-0.4, -0.2) is 24.3 Å². The number of carbonyl (C=O) groups is 1. The van der Waals surface area contributed by atoms with Crippen LogP contribution in [0, 0.1) is 5.92 Å². The van der Waals surface area contributed by atoms with Crippen molar-refractivity contribution in [2.75, 3.05) is 13.7 Å². The minimum atomic E-state index is -0.00869. The van der Waals surface area contributed by atoms with Crippen LogP contribution in [0.1, 0.15) is 52.5 Å². The molecule has 0 aliphatic carbocycles. The number of fused-ring (bicyclic) bond motifs is 1. The number of ether oxygens (including phenoxy) is 1. The predicted molar refractivity (Wildman–Crippen MR) is 121 cm³/mol. The highest BCUT2D eigenvalue weighted by Crippen LogP contribution is 2.37. The number of hydrogen-bond donors (Lipinski definition) is 0. The van der Waals surface area contributed by atoms with Gasteiger partial charge in [0.25, 0.3) is 0 Å². The number of benzene rings is 3. The monoisotopic (exact) mass is 399 g/mol. The maximum Gasteiger partial charge on any atom is 0.165 e. The van der Waals surface area contributed by atoms with Crippen LogP contribution in [0.2, 0.25) is 0 Å². The van der Waals surface area contributed by atoms with Crippen LogP contribution < -0.4 is 4.74 Å². The number of nitrogens with zero attached hydrogens (tertiary/aromatic N) is 1. The van der Waals surface area contributed by atoms with Gasteiger partial charge in [-0.25, -0.2) is 0 Å². The molecule has 0 fully saturated rings. The zero-order valence-corrected chi connectivity index (χ0v) is 18.0. The van der Waals surface area contributed by atoms with E-state index in [4.69, 9.17) is 4.74 Å². The SMILES string of the molecule is COc1ccc(C2c3ccccc3CCN2Cc2ccccc2C(=O)C(C)C)cc1. The number of carbonyl (C=O) groups excluding carboxylic acids is 1. The summed E-state index contributed by atoms with van der Waals surface area (Å²) in [6, 6.07) is 25.3. The van der Waals surface area contributed by atoms with Crippen molar-refractivity contribution in [3.63, 3.8) is 0 Å². The molecule has 0 N–H and O–H groups in total. The van der Waals surface area contributed by atoms with Crippen LogP contribution in [0.3, 0.4) is 0 Å². The fourth-order valence-corrected chi connectivity index (χ4v) is 4.39. The molecule has 4 rings (SSSR count). The minimum absolute atomic E-state index is 0.00869. The molecular formula is C27H29NO2. The van der Waals surface area contributed by atoms with Crippen LogP contribution in [0.25, 0.3) is 0 Å². The Bertz CT molecular complexity index is 1020. The first-order valence-electron chi connectivity index (χ1n) is 10.7. The molecule has 154 valence electrons. The Balaban J connectivity index is 1.73. The van der Waals surface area contributed by atoms with E-state index in [0.717, 1.165) is 36.4 Å². The van der Waals surface area contributed by atoms with Gasteiger partial charge in [-0.05, 0) is 40.8 Å². The average molecular weight is 400 g/mol. The molecule has 3 heteroatoms. The Kier molecular flexibility index (Phi) is 6.01. The van der Waals surface area contributed by atoms with Gasteiger partial charge in [0.2, 0.25) is 0 Å². The van der Waals surface area contributed by atoms with E-state index in [0.29, 0.717) is 0 Å². The lowest BCUT2D eigenvalue weighted by molar-refractivity contribution is 0.0936. The van der Waals surface area contributed by atoms with Gasteiger partial charge in [0.1, 0.15) is 5.75 Å². The largest absolute Gasteiger partial charge is 0.497 e. The first kappa shape index (κ1) is 20.4.